The number of pyridine rings is 2. The average molecular weight is 480 g/mol. The Morgan fingerprint density at radius 3 is 2.76 bits per heavy atom. The molecule has 33 heavy (non-hydrogen) atoms. The monoisotopic (exact) mass is 479 g/mol. The van der Waals surface area contributed by atoms with Crippen molar-refractivity contribution in [1.29, 1.82) is 0 Å². The molecule has 0 unspecified atom stereocenters. The molecule has 6 rings (SSSR count). The molecule has 1 aliphatic carbocycles. The lowest BCUT2D eigenvalue weighted by atomic mass is 9.73. The number of nitrogens with two attached hydrogens (primary N) is 2. The highest BCUT2D eigenvalue weighted by Gasteiger charge is 2.46. The summed E-state index contributed by atoms with van der Waals surface area (Å²) < 4.78 is 10.3. The van der Waals surface area contributed by atoms with E-state index < -0.39 is 0 Å². The lowest BCUT2D eigenvalue weighted by molar-refractivity contribution is 0.186. The Morgan fingerprint density at radius 1 is 1.09 bits per heavy atom. The Morgan fingerprint density at radius 2 is 1.94 bits per heavy atom. The molecule has 4 aromatic heterocycles. The molecule has 4 N–H and O–H groups in total. The van der Waals surface area contributed by atoms with Gasteiger partial charge in [0.15, 0.2) is 5.65 Å². The van der Waals surface area contributed by atoms with Crippen LogP contribution >= 0.6 is 23.4 Å². The van der Waals surface area contributed by atoms with Crippen molar-refractivity contribution < 1.29 is 1.37 Å². The zero-order chi connectivity index (χ0) is 23.4. The second kappa shape index (κ2) is 7.86. The van der Waals surface area contributed by atoms with Crippen molar-refractivity contribution in [3.05, 3.63) is 65.4 Å². The van der Waals surface area contributed by atoms with Crippen molar-refractivity contribution in [2.75, 3.05) is 23.7 Å². The summed E-state index contributed by atoms with van der Waals surface area (Å²) in [6.45, 7) is 1.61. The Hall–Kier alpha value is -2.88. The number of anilines is 2. The highest BCUT2D eigenvalue weighted by molar-refractivity contribution is 7.99. The van der Waals surface area contributed by atoms with Gasteiger partial charge in [0.05, 0.1) is 11.3 Å². The fraction of sp³-hybridized carbons (Fsp3) is 0.304. The number of fused-ring (bicyclic) bond motifs is 2. The number of rotatable bonds is 3. The number of nitrogen functional groups attached to an aromatic ring is 1. The number of aromatic nitrogens is 5. The molecule has 1 spiro atoms. The van der Waals surface area contributed by atoms with Gasteiger partial charge in [-0.25, -0.2) is 15.0 Å². The normalized spacial score (nSPS) is 19.8. The zero-order valence-electron chi connectivity index (χ0n) is 18.8. The zero-order valence-corrected chi connectivity index (χ0v) is 19.4. The van der Waals surface area contributed by atoms with Gasteiger partial charge in [0, 0.05) is 60.7 Å². The first-order valence-electron chi connectivity index (χ1n) is 11.3. The van der Waals surface area contributed by atoms with Crippen LogP contribution in [-0.4, -0.2) is 37.4 Å². The maximum Gasteiger partial charge on any atom is 0.211 e. The molecule has 4 aromatic rings. The third-order valence-electron chi connectivity index (χ3n) is 6.89. The second-order valence-electron chi connectivity index (χ2n) is 8.62. The molecule has 168 valence electrons. The van der Waals surface area contributed by atoms with Crippen LogP contribution in [0.15, 0.2) is 59.0 Å². The van der Waals surface area contributed by atoms with Crippen LogP contribution in [0, 0.1) is 5.41 Å². The molecule has 0 bridgehead atoms. The summed E-state index contributed by atoms with van der Waals surface area (Å²) in [5.41, 5.74) is 15.6. The SMILES string of the molecule is [2H]c1cnc2c(Sc3ccnc(N)c3Cl)cnc(N3CCC4(CC3)Cc3ncccc3[C@H]4N)n12. The third-order valence-corrected chi connectivity index (χ3v) is 8.46. The molecule has 8 nitrogen and oxygen atoms in total. The minimum Gasteiger partial charge on any atom is -0.382 e. The van der Waals surface area contributed by atoms with Crippen LogP contribution in [0.3, 0.4) is 0 Å². The number of imidazole rings is 1. The summed E-state index contributed by atoms with van der Waals surface area (Å²) in [5.74, 6) is 1.00. The first-order chi connectivity index (χ1) is 16.5. The van der Waals surface area contributed by atoms with Crippen LogP contribution in [0.5, 0.6) is 0 Å². The van der Waals surface area contributed by atoms with E-state index in [0.717, 1.165) is 53.8 Å². The van der Waals surface area contributed by atoms with Crippen LogP contribution in [0.1, 0.15) is 31.5 Å². The van der Waals surface area contributed by atoms with Crippen molar-refractivity contribution in [3.63, 3.8) is 0 Å². The Balaban J connectivity index is 1.29. The maximum atomic E-state index is 8.48. The molecule has 0 radical (unpaired) electrons. The number of hydrogen-bond acceptors (Lipinski definition) is 8. The van der Waals surface area contributed by atoms with E-state index in [2.05, 4.69) is 25.9 Å². The minimum atomic E-state index is 0.00244. The molecule has 2 aliphatic rings. The molecule has 1 fully saturated rings. The fourth-order valence-electron chi connectivity index (χ4n) is 5.05. The number of halogens is 1. The number of hydrogen-bond donors (Lipinski definition) is 2. The Kier molecular flexibility index (Phi) is 4.66. The van der Waals surface area contributed by atoms with Gasteiger partial charge in [0.1, 0.15) is 5.82 Å². The highest BCUT2D eigenvalue weighted by atomic mass is 35.5. The maximum absolute atomic E-state index is 8.48. The van der Waals surface area contributed by atoms with Crippen molar-refractivity contribution >= 4 is 40.8 Å². The molecular formula is C23H23ClN8S. The van der Waals surface area contributed by atoms with Gasteiger partial charge in [-0.3, -0.25) is 9.38 Å². The van der Waals surface area contributed by atoms with Gasteiger partial charge in [-0.1, -0.05) is 29.4 Å². The van der Waals surface area contributed by atoms with Crippen molar-refractivity contribution in [2.24, 2.45) is 11.1 Å². The quantitative estimate of drug-likeness (QED) is 0.457. The number of piperidine rings is 1. The lowest BCUT2D eigenvalue weighted by Gasteiger charge is -2.42. The van der Waals surface area contributed by atoms with Crippen LogP contribution < -0.4 is 16.4 Å². The van der Waals surface area contributed by atoms with Gasteiger partial charge >= 0.3 is 0 Å². The Labute approximate surface area is 201 Å². The molecule has 0 saturated carbocycles. The third kappa shape index (κ3) is 3.34. The van der Waals surface area contributed by atoms with Crippen molar-refractivity contribution in [1.82, 2.24) is 24.3 Å². The van der Waals surface area contributed by atoms with Crippen LogP contribution in [-0.2, 0) is 6.42 Å². The lowest BCUT2D eigenvalue weighted by Crippen LogP contribution is -2.45. The molecule has 0 amide bonds. The molecule has 1 aliphatic heterocycles. The topological polar surface area (TPSA) is 111 Å². The largest absolute Gasteiger partial charge is 0.382 e. The van der Waals surface area contributed by atoms with Gasteiger partial charge in [-0.2, -0.15) is 0 Å². The average Bonchev–Trinajstić information content (AvgIpc) is 3.36. The molecular weight excluding hydrogens is 456 g/mol. The van der Waals surface area contributed by atoms with Gasteiger partial charge < -0.3 is 16.4 Å². The van der Waals surface area contributed by atoms with E-state index in [-0.39, 0.29) is 23.4 Å². The summed E-state index contributed by atoms with van der Waals surface area (Å²) in [5, 5.41) is 0.400. The van der Waals surface area contributed by atoms with Gasteiger partial charge in [-0.15, -0.1) is 0 Å². The van der Waals surface area contributed by atoms with Gasteiger partial charge in [0.25, 0.3) is 0 Å². The molecule has 1 saturated heterocycles. The Bertz CT molecular complexity index is 1400. The molecule has 0 aromatic carbocycles. The van der Waals surface area contributed by atoms with Crippen molar-refractivity contribution in [3.8, 4) is 0 Å². The van der Waals surface area contributed by atoms with E-state index in [0.29, 0.717) is 10.7 Å². The fourth-order valence-corrected chi connectivity index (χ4v) is 6.18. The van der Waals surface area contributed by atoms with Crippen LogP contribution in [0.25, 0.3) is 5.65 Å². The summed E-state index contributed by atoms with van der Waals surface area (Å²) in [4.78, 5) is 21.6. The van der Waals surface area contributed by atoms with Crippen LogP contribution in [0.2, 0.25) is 5.02 Å². The van der Waals surface area contributed by atoms with Crippen LogP contribution in [0.4, 0.5) is 11.8 Å². The van der Waals surface area contributed by atoms with E-state index in [4.69, 9.17) is 29.4 Å². The van der Waals surface area contributed by atoms with Crippen molar-refractivity contribution in [2.45, 2.75) is 35.1 Å². The summed E-state index contributed by atoms with van der Waals surface area (Å²) in [6, 6.07) is 5.88. The standard InChI is InChI=1S/C23H23ClN8S/c24-18-16(3-7-28-20(18)26)33-17-13-30-22(32-11-8-29-21(17)32)31-9-4-23(5-10-31)12-15-14(19(23)25)2-1-6-27-15/h1-3,6-8,11,13,19H,4-5,9-10,12,25H2,(H2,26,28)/t19-/m1/s1/i11D. The summed E-state index contributed by atoms with van der Waals surface area (Å²) in [6.07, 6.45) is 9.90. The second-order valence-corrected chi connectivity index (χ2v) is 10.1. The first kappa shape index (κ1) is 19.6. The minimum absolute atomic E-state index is 0.00244. The molecule has 1 atom stereocenters. The molecule has 5 heterocycles. The van der Waals surface area contributed by atoms with E-state index >= 15 is 0 Å². The smallest absolute Gasteiger partial charge is 0.211 e. The van der Waals surface area contributed by atoms with E-state index in [9.17, 15) is 0 Å². The van der Waals surface area contributed by atoms with Gasteiger partial charge in [0.2, 0.25) is 5.95 Å². The van der Waals surface area contributed by atoms with E-state index in [1.54, 1.807) is 29.1 Å². The molecule has 10 heteroatoms. The predicted molar refractivity (Wildman–Crippen MR) is 130 cm³/mol. The number of nitrogens with zero attached hydrogens (tertiary/aromatic N) is 6. The predicted octanol–water partition coefficient (Wildman–Crippen LogP) is 3.75. The summed E-state index contributed by atoms with van der Waals surface area (Å²) in [7, 11) is 0. The van der Waals surface area contributed by atoms with E-state index in [1.807, 2.05) is 12.3 Å². The highest BCUT2D eigenvalue weighted by Crippen LogP contribution is 2.50. The first-order valence-corrected chi connectivity index (χ1v) is 12.0. The van der Waals surface area contributed by atoms with E-state index in [1.165, 1.54) is 17.3 Å². The summed E-state index contributed by atoms with van der Waals surface area (Å²) >= 11 is 7.75. The van der Waals surface area contributed by atoms with Gasteiger partial charge in [-0.05, 0) is 42.4 Å².